The van der Waals surface area contributed by atoms with Crippen molar-refractivity contribution in [2.75, 3.05) is 38.5 Å². The number of aliphatic imine (C=N–C) groups is 1. The Labute approximate surface area is 185 Å². The third-order valence-corrected chi connectivity index (χ3v) is 6.41. The molecule has 6 heteroatoms. The molecule has 2 aliphatic rings. The Hall–Kier alpha value is -0.470. The lowest BCUT2D eigenvalue weighted by Crippen LogP contribution is -2.51. The maximum atomic E-state index is 6.14. The summed E-state index contributed by atoms with van der Waals surface area (Å²) in [6, 6.07) is 10.6. The van der Waals surface area contributed by atoms with Crippen LogP contribution in [0.1, 0.15) is 45.3 Å². The number of rotatable bonds is 4. The van der Waals surface area contributed by atoms with Gasteiger partial charge in [-0.15, -0.1) is 24.0 Å². The van der Waals surface area contributed by atoms with Crippen LogP contribution in [0.2, 0.25) is 0 Å². The predicted octanol–water partition coefficient (Wildman–Crippen LogP) is 4.57. The zero-order chi connectivity index (χ0) is 18.4. The van der Waals surface area contributed by atoms with E-state index in [2.05, 4.69) is 73.1 Å². The molecule has 0 aromatic heterocycles. The van der Waals surface area contributed by atoms with Gasteiger partial charge in [0, 0.05) is 49.2 Å². The van der Waals surface area contributed by atoms with E-state index in [4.69, 9.17) is 9.73 Å². The fraction of sp³-hybridized carbons (Fsp3) is 0.667. The van der Waals surface area contributed by atoms with Crippen molar-refractivity contribution in [2.45, 2.75) is 44.5 Å². The molecule has 2 heterocycles. The summed E-state index contributed by atoms with van der Waals surface area (Å²) in [5.74, 6) is 2.68. The highest BCUT2D eigenvalue weighted by molar-refractivity contribution is 14.0. The maximum Gasteiger partial charge on any atom is 0.193 e. The van der Waals surface area contributed by atoms with E-state index in [0.29, 0.717) is 5.92 Å². The van der Waals surface area contributed by atoms with E-state index in [-0.39, 0.29) is 34.8 Å². The van der Waals surface area contributed by atoms with Gasteiger partial charge in [0.25, 0.3) is 0 Å². The van der Waals surface area contributed by atoms with Gasteiger partial charge in [-0.3, -0.25) is 4.99 Å². The van der Waals surface area contributed by atoms with E-state index in [1.165, 1.54) is 12.0 Å². The SMILES string of the molecule is CCNC(=NCC1CCCOC1c1ccccc1)N1CCSC(C)(C)C1.I. The number of nitrogens with zero attached hydrogens (tertiary/aromatic N) is 2. The largest absolute Gasteiger partial charge is 0.373 e. The molecule has 2 unspecified atom stereocenters. The number of nitrogens with one attached hydrogen (secondary N) is 1. The molecule has 0 spiro atoms. The Kier molecular flexibility index (Phi) is 9.22. The lowest BCUT2D eigenvalue weighted by atomic mass is 9.89. The fourth-order valence-corrected chi connectivity index (χ4v) is 4.98. The first-order valence-corrected chi connectivity index (χ1v) is 10.9. The van der Waals surface area contributed by atoms with Crippen molar-refractivity contribution < 1.29 is 4.74 Å². The first-order valence-electron chi connectivity index (χ1n) is 9.93. The summed E-state index contributed by atoms with van der Waals surface area (Å²) in [7, 11) is 0. The topological polar surface area (TPSA) is 36.9 Å². The molecular weight excluding hydrogens is 469 g/mol. The molecule has 0 bridgehead atoms. The van der Waals surface area contributed by atoms with Crippen LogP contribution in [0.15, 0.2) is 35.3 Å². The third-order valence-electron chi connectivity index (χ3n) is 5.11. The number of thioether (sulfide) groups is 1. The third kappa shape index (κ3) is 6.53. The Morgan fingerprint density at radius 3 is 2.81 bits per heavy atom. The summed E-state index contributed by atoms with van der Waals surface area (Å²) in [6.07, 6.45) is 2.49. The standard InChI is InChI=1S/C21H33N3OS.HI/c1-4-22-20(24-12-14-26-21(2,3)16-24)23-15-18-11-8-13-25-19(18)17-9-6-5-7-10-17;/h5-7,9-10,18-19H,4,8,11-16H2,1-3H3,(H,22,23);1H. The summed E-state index contributed by atoms with van der Waals surface area (Å²) >= 11 is 2.06. The Bertz CT molecular complexity index is 596. The van der Waals surface area contributed by atoms with Crippen LogP contribution in [-0.4, -0.2) is 54.1 Å². The molecule has 0 radical (unpaired) electrons. The first-order chi connectivity index (χ1) is 12.6. The summed E-state index contributed by atoms with van der Waals surface area (Å²) < 4.78 is 6.43. The van der Waals surface area contributed by atoms with Crippen LogP contribution < -0.4 is 5.32 Å². The second kappa shape index (κ2) is 10.9. The molecule has 0 aliphatic carbocycles. The van der Waals surface area contributed by atoms with E-state index in [1.54, 1.807) is 0 Å². The zero-order valence-corrected chi connectivity index (χ0v) is 20.0. The lowest BCUT2D eigenvalue weighted by Gasteiger charge is -2.39. The van der Waals surface area contributed by atoms with Crippen LogP contribution in [0.4, 0.5) is 0 Å². The molecule has 1 aromatic rings. The number of hydrogen-bond donors (Lipinski definition) is 1. The van der Waals surface area contributed by atoms with Crippen LogP contribution in [0.3, 0.4) is 0 Å². The molecule has 0 amide bonds. The van der Waals surface area contributed by atoms with E-state index in [9.17, 15) is 0 Å². The van der Waals surface area contributed by atoms with Crippen LogP contribution >= 0.6 is 35.7 Å². The van der Waals surface area contributed by atoms with Crippen molar-refractivity contribution >= 4 is 41.7 Å². The minimum absolute atomic E-state index is 0. The minimum Gasteiger partial charge on any atom is -0.373 e. The van der Waals surface area contributed by atoms with Crippen LogP contribution in [0.25, 0.3) is 0 Å². The van der Waals surface area contributed by atoms with Crippen molar-refractivity contribution in [1.29, 1.82) is 0 Å². The molecule has 2 saturated heterocycles. The Balaban J connectivity index is 0.00000261. The van der Waals surface area contributed by atoms with Gasteiger partial charge in [0.1, 0.15) is 0 Å². The average molecular weight is 503 g/mol. The monoisotopic (exact) mass is 503 g/mol. The maximum absolute atomic E-state index is 6.14. The molecule has 2 atom stereocenters. The fourth-order valence-electron chi connectivity index (χ4n) is 3.87. The van der Waals surface area contributed by atoms with Gasteiger partial charge < -0.3 is 15.0 Å². The normalized spacial score (nSPS) is 25.6. The molecule has 2 aliphatic heterocycles. The lowest BCUT2D eigenvalue weighted by molar-refractivity contribution is -0.0250. The highest BCUT2D eigenvalue weighted by Gasteiger charge is 2.30. The highest BCUT2D eigenvalue weighted by atomic mass is 127. The van der Waals surface area contributed by atoms with E-state index < -0.39 is 0 Å². The number of hydrogen-bond acceptors (Lipinski definition) is 3. The summed E-state index contributed by atoms with van der Waals surface area (Å²) in [5.41, 5.74) is 1.29. The second-order valence-corrected chi connectivity index (χ2v) is 9.63. The molecule has 1 N–H and O–H groups in total. The first kappa shape index (κ1) is 22.8. The molecule has 0 saturated carbocycles. The highest BCUT2D eigenvalue weighted by Crippen LogP contribution is 2.34. The van der Waals surface area contributed by atoms with E-state index in [1.807, 2.05) is 0 Å². The number of guanidine groups is 1. The molecule has 1 aromatic carbocycles. The van der Waals surface area contributed by atoms with Gasteiger partial charge in [-0.25, -0.2) is 0 Å². The predicted molar refractivity (Wildman–Crippen MR) is 127 cm³/mol. The summed E-state index contributed by atoms with van der Waals surface area (Å²) in [5, 5.41) is 3.51. The van der Waals surface area contributed by atoms with Crippen molar-refractivity contribution in [3.05, 3.63) is 35.9 Å². The number of benzene rings is 1. The number of halogens is 1. The second-order valence-electron chi connectivity index (χ2n) is 7.83. The van der Waals surface area contributed by atoms with Crippen molar-refractivity contribution in [2.24, 2.45) is 10.9 Å². The quantitative estimate of drug-likeness (QED) is 0.371. The molecule has 27 heavy (non-hydrogen) atoms. The van der Waals surface area contributed by atoms with Crippen LogP contribution in [0.5, 0.6) is 0 Å². The summed E-state index contributed by atoms with van der Waals surface area (Å²) in [6.45, 7) is 11.5. The Morgan fingerprint density at radius 2 is 2.11 bits per heavy atom. The van der Waals surface area contributed by atoms with Gasteiger partial charge in [0.05, 0.1) is 6.10 Å². The van der Waals surface area contributed by atoms with Gasteiger partial charge in [-0.05, 0) is 39.2 Å². The number of ether oxygens (including phenoxy) is 1. The average Bonchev–Trinajstić information content (AvgIpc) is 2.65. The van der Waals surface area contributed by atoms with Crippen LogP contribution in [-0.2, 0) is 4.74 Å². The molecular formula is C21H34IN3OS. The molecule has 3 rings (SSSR count). The van der Waals surface area contributed by atoms with Gasteiger partial charge in [0.15, 0.2) is 5.96 Å². The van der Waals surface area contributed by atoms with Gasteiger partial charge >= 0.3 is 0 Å². The van der Waals surface area contributed by atoms with Gasteiger partial charge in [0.2, 0.25) is 0 Å². The van der Waals surface area contributed by atoms with E-state index in [0.717, 1.165) is 50.9 Å². The van der Waals surface area contributed by atoms with Gasteiger partial charge in [-0.2, -0.15) is 11.8 Å². The van der Waals surface area contributed by atoms with E-state index >= 15 is 0 Å². The zero-order valence-electron chi connectivity index (χ0n) is 16.8. The molecule has 2 fully saturated rings. The van der Waals surface area contributed by atoms with Crippen LogP contribution in [0, 0.1) is 5.92 Å². The van der Waals surface area contributed by atoms with Crippen molar-refractivity contribution in [3.8, 4) is 0 Å². The Morgan fingerprint density at radius 1 is 1.33 bits per heavy atom. The smallest absolute Gasteiger partial charge is 0.193 e. The van der Waals surface area contributed by atoms with Gasteiger partial charge in [-0.1, -0.05) is 30.3 Å². The van der Waals surface area contributed by atoms with Crippen molar-refractivity contribution in [1.82, 2.24) is 10.2 Å². The molecule has 4 nitrogen and oxygen atoms in total. The minimum atomic E-state index is 0. The summed E-state index contributed by atoms with van der Waals surface area (Å²) in [4.78, 5) is 7.48. The van der Waals surface area contributed by atoms with Crippen molar-refractivity contribution in [3.63, 3.8) is 0 Å². The molecule has 152 valence electrons.